The van der Waals surface area contributed by atoms with Gasteiger partial charge in [-0.15, -0.1) is 0 Å². The molecule has 0 unspecified atom stereocenters. The van der Waals surface area contributed by atoms with Crippen LogP contribution in [-0.4, -0.2) is 72.5 Å². The standard InChI is InChI=1S/C35H46N2O9SSi/c1-21(2)48(22(3)4,23(5)6)46-29-20-27(33(39)44-9)31(32(38)36-18-19-45-34(36)40)35(7)30(29)26-12-10-11-13-28(26)37(35)47(41,42)25-16-14-24(43-8)15-17-25/h10-17,21-23,27,31H,18-20H2,1-9H3/t27-,31-,35+/m1/s1. The average molecular weight is 699 g/mol. The van der Waals surface area contributed by atoms with Crippen LogP contribution in [0.15, 0.2) is 59.2 Å². The third-order valence-corrected chi connectivity index (χ3v) is 18.4. The molecule has 3 atom stereocenters. The molecular weight excluding hydrogens is 653 g/mol. The lowest BCUT2D eigenvalue weighted by atomic mass is 9.66. The van der Waals surface area contributed by atoms with Crippen molar-refractivity contribution in [3.63, 3.8) is 0 Å². The van der Waals surface area contributed by atoms with E-state index in [1.54, 1.807) is 31.2 Å². The minimum atomic E-state index is -4.42. The topological polar surface area (TPSA) is 129 Å². The number of esters is 1. The third kappa shape index (κ3) is 5.29. The lowest BCUT2D eigenvalue weighted by Gasteiger charge is -2.50. The third-order valence-electron chi connectivity index (χ3n) is 10.4. The number of sulfonamides is 1. The fourth-order valence-electron chi connectivity index (χ4n) is 8.45. The molecule has 2 aliphatic heterocycles. The number of hydrogen-bond acceptors (Lipinski definition) is 9. The van der Waals surface area contributed by atoms with Gasteiger partial charge >= 0.3 is 12.1 Å². The number of carbonyl (C=O) groups is 3. The zero-order chi connectivity index (χ0) is 35.3. The Kier molecular flexibility index (Phi) is 9.52. The molecule has 48 heavy (non-hydrogen) atoms. The van der Waals surface area contributed by atoms with Crippen molar-refractivity contribution >= 4 is 47.6 Å². The Labute approximate surface area is 284 Å². The highest BCUT2D eigenvalue weighted by atomic mass is 32.2. The van der Waals surface area contributed by atoms with Crippen molar-refractivity contribution in [2.75, 3.05) is 31.7 Å². The molecule has 0 radical (unpaired) electrons. The Balaban J connectivity index is 1.88. The number of amides is 2. The predicted octanol–water partition coefficient (Wildman–Crippen LogP) is 6.35. The van der Waals surface area contributed by atoms with E-state index < -0.39 is 53.7 Å². The molecule has 1 saturated heterocycles. The van der Waals surface area contributed by atoms with Crippen LogP contribution in [0.2, 0.25) is 16.6 Å². The summed E-state index contributed by atoms with van der Waals surface area (Å²) in [4.78, 5) is 42.3. The van der Waals surface area contributed by atoms with Crippen molar-refractivity contribution < 1.29 is 41.4 Å². The van der Waals surface area contributed by atoms with Gasteiger partial charge in [0.1, 0.15) is 12.4 Å². The first-order chi connectivity index (χ1) is 22.6. The lowest BCUT2D eigenvalue weighted by molar-refractivity contribution is -0.154. The molecule has 260 valence electrons. The van der Waals surface area contributed by atoms with Gasteiger partial charge in [0.25, 0.3) is 18.3 Å². The van der Waals surface area contributed by atoms with Crippen LogP contribution in [0.4, 0.5) is 10.5 Å². The molecule has 5 rings (SSSR count). The lowest BCUT2D eigenvalue weighted by Crippen LogP contribution is -2.62. The highest BCUT2D eigenvalue weighted by Crippen LogP contribution is 2.61. The van der Waals surface area contributed by atoms with Gasteiger partial charge in [0.05, 0.1) is 54.5 Å². The number of anilines is 1. The van der Waals surface area contributed by atoms with Crippen molar-refractivity contribution in [3.05, 3.63) is 59.9 Å². The molecule has 1 fully saturated rings. The highest BCUT2D eigenvalue weighted by molar-refractivity contribution is 7.93. The van der Waals surface area contributed by atoms with Crippen LogP contribution in [0, 0.1) is 11.8 Å². The normalized spacial score (nSPS) is 22.6. The maximum absolute atomic E-state index is 15.0. The van der Waals surface area contributed by atoms with E-state index in [1.807, 2.05) is 12.1 Å². The predicted molar refractivity (Wildman–Crippen MR) is 183 cm³/mol. The van der Waals surface area contributed by atoms with Gasteiger partial charge in [-0.05, 0) is 53.9 Å². The van der Waals surface area contributed by atoms with Gasteiger partial charge in [-0.3, -0.25) is 13.9 Å². The van der Waals surface area contributed by atoms with E-state index >= 15 is 0 Å². The van der Waals surface area contributed by atoms with Crippen molar-refractivity contribution in [1.29, 1.82) is 0 Å². The van der Waals surface area contributed by atoms with Crippen LogP contribution >= 0.6 is 0 Å². The van der Waals surface area contributed by atoms with Gasteiger partial charge in [0.15, 0.2) is 0 Å². The number of ether oxygens (including phenoxy) is 3. The van der Waals surface area contributed by atoms with Crippen LogP contribution in [0.25, 0.3) is 5.57 Å². The Morgan fingerprint density at radius 2 is 1.56 bits per heavy atom. The molecule has 0 N–H and O–H groups in total. The minimum absolute atomic E-state index is 0.00662. The Hall–Kier alpha value is -3.84. The van der Waals surface area contributed by atoms with Crippen LogP contribution < -0.4 is 9.04 Å². The summed E-state index contributed by atoms with van der Waals surface area (Å²) < 4.78 is 54.3. The number of fused-ring (bicyclic) bond motifs is 3. The Morgan fingerprint density at radius 3 is 2.08 bits per heavy atom. The second kappa shape index (κ2) is 12.9. The summed E-state index contributed by atoms with van der Waals surface area (Å²) in [6, 6.07) is 13.1. The summed E-state index contributed by atoms with van der Waals surface area (Å²) in [5.74, 6) is -3.02. The molecule has 1 aliphatic carbocycles. The molecule has 0 aromatic heterocycles. The van der Waals surface area contributed by atoms with Crippen molar-refractivity contribution in [3.8, 4) is 5.75 Å². The average Bonchev–Trinajstić information content (AvgIpc) is 3.60. The van der Waals surface area contributed by atoms with Gasteiger partial charge in [0.2, 0.25) is 5.91 Å². The zero-order valence-corrected chi connectivity index (χ0v) is 30.9. The molecule has 3 aliphatic rings. The molecule has 2 heterocycles. The number of benzene rings is 2. The molecule has 0 spiro atoms. The van der Waals surface area contributed by atoms with E-state index in [0.29, 0.717) is 28.3 Å². The van der Waals surface area contributed by atoms with E-state index in [-0.39, 0.29) is 41.1 Å². The van der Waals surface area contributed by atoms with Crippen LogP contribution in [0.5, 0.6) is 5.75 Å². The smallest absolute Gasteiger partial charge is 0.416 e. The van der Waals surface area contributed by atoms with Gasteiger partial charge in [-0.25, -0.2) is 18.1 Å². The second-order valence-corrected chi connectivity index (χ2v) is 20.9. The SMILES string of the molecule is COC(=O)[C@@H]1CC(O[Si](C(C)C)(C(C)C)C(C)C)=C2c3ccccc3N(S(=O)(=O)c3ccc(OC)cc3)[C@]2(C)[C@H]1C(=O)N1CCOC1=O. The van der Waals surface area contributed by atoms with E-state index in [2.05, 4.69) is 41.5 Å². The maximum Gasteiger partial charge on any atom is 0.416 e. The zero-order valence-electron chi connectivity index (χ0n) is 29.1. The monoisotopic (exact) mass is 698 g/mol. The summed E-state index contributed by atoms with van der Waals surface area (Å²) >= 11 is 0. The fraction of sp³-hybridized carbons (Fsp3) is 0.514. The van der Waals surface area contributed by atoms with Crippen molar-refractivity contribution in [2.45, 2.75) is 81.9 Å². The molecule has 0 bridgehead atoms. The van der Waals surface area contributed by atoms with E-state index in [1.165, 1.54) is 30.7 Å². The summed E-state index contributed by atoms with van der Waals surface area (Å²) in [6.07, 6.45) is -0.853. The van der Waals surface area contributed by atoms with Gasteiger partial charge in [-0.1, -0.05) is 59.7 Å². The quantitative estimate of drug-likeness (QED) is 0.206. The van der Waals surface area contributed by atoms with Crippen molar-refractivity contribution in [1.82, 2.24) is 4.90 Å². The van der Waals surface area contributed by atoms with Gasteiger partial charge < -0.3 is 18.6 Å². The number of carbonyl (C=O) groups excluding carboxylic acids is 3. The minimum Gasteiger partial charge on any atom is -0.545 e. The molecule has 2 aromatic carbocycles. The Bertz CT molecular complexity index is 1720. The number of para-hydroxylation sites is 1. The van der Waals surface area contributed by atoms with E-state index in [9.17, 15) is 22.8 Å². The van der Waals surface area contributed by atoms with Crippen LogP contribution in [-0.2, 0) is 33.5 Å². The van der Waals surface area contributed by atoms with Crippen LogP contribution in [0.1, 0.15) is 60.5 Å². The maximum atomic E-state index is 15.0. The Morgan fingerprint density at radius 1 is 0.958 bits per heavy atom. The number of imide groups is 1. The molecule has 11 nitrogen and oxygen atoms in total. The van der Waals surface area contributed by atoms with Gasteiger partial charge in [-0.2, -0.15) is 0 Å². The number of rotatable bonds is 10. The first-order valence-corrected chi connectivity index (χ1v) is 19.9. The first-order valence-electron chi connectivity index (χ1n) is 16.4. The number of methoxy groups -OCH3 is 2. The second-order valence-electron chi connectivity index (χ2n) is 13.7. The van der Waals surface area contributed by atoms with E-state index in [4.69, 9.17) is 18.6 Å². The molecular formula is C35H46N2O9SSi. The number of cyclic esters (lactones) is 1. The van der Waals surface area contributed by atoms with E-state index in [0.717, 1.165) is 4.90 Å². The summed E-state index contributed by atoms with van der Waals surface area (Å²) in [6.45, 7) is 14.5. The highest BCUT2D eigenvalue weighted by Gasteiger charge is 2.65. The molecule has 2 amide bonds. The largest absolute Gasteiger partial charge is 0.545 e. The number of hydrogen-bond donors (Lipinski definition) is 0. The number of nitrogens with zero attached hydrogens (tertiary/aromatic N) is 2. The fourth-order valence-corrected chi connectivity index (χ4v) is 15.6. The number of allylic oxidation sites excluding steroid dienone is 1. The molecule has 13 heteroatoms. The van der Waals surface area contributed by atoms with Crippen LogP contribution in [0.3, 0.4) is 0 Å². The van der Waals surface area contributed by atoms with Crippen molar-refractivity contribution in [2.24, 2.45) is 11.8 Å². The summed E-state index contributed by atoms with van der Waals surface area (Å²) in [7, 11) is -4.39. The molecule has 2 aromatic rings. The van der Waals surface area contributed by atoms with Gasteiger partial charge in [0, 0.05) is 17.6 Å². The summed E-state index contributed by atoms with van der Waals surface area (Å²) in [5, 5.41) is 0. The molecule has 0 saturated carbocycles. The summed E-state index contributed by atoms with van der Waals surface area (Å²) in [5.41, 5.74) is 0.176. The first kappa shape index (κ1) is 35.5.